The first-order chi connectivity index (χ1) is 9.37. The molecule has 4 nitrogen and oxygen atoms in total. The molecule has 0 aliphatic carbocycles. The number of nitrogens with zero attached hydrogens (tertiary/aromatic N) is 1. The number of hydrogen-bond acceptors (Lipinski definition) is 3. The molecule has 0 aromatic heterocycles. The van der Waals surface area contributed by atoms with E-state index in [0.717, 1.165) is 18.6 Å². The number of benzene rings is 1. The van der Waals surface area contributed by atoms with Crippen molar-refractivity contribution in [3.05, 3.63) is 29.8 Å². The van der Waals surface area contributed by atoms with Crippen molar-refractivity contribution in [1.82, 2.24) is 4.90 Å². The van der Waals surface area contributed by atoms with Crippen molar-refractivity contribution in [1.29, 1.82) is 0 Å². The number of amides is 1. The van der Waals surface area contributed by atoms with Gasteiger partial charge in [-0.2, -0.15) is 0 Å². The summed E-state index contributed by atoms with van der Waals surface area (Å²) < 4.78 is 5.56. The molecule has 20 heavy (non-hydrogen) atoms. The highest BCUT2D eigenvalue weighted by Gasteiger charge is 2.31. The molecule has 1 fully saturated rings. The van der Waals surface area contributed by atoms with Gasteiger partial charge in [-0.1, -0.05) is 0 Å². The molecule has 1 aliphatic heterocycles. The molecule has 0 saturated carbocycles. The topological polar surface area (TPSA) is 49.8 Å². The van der Waals surface area contributed by atoms with Crippen LogP contribution in [0.5, 0.6) is 5.75 Å². The van der Waals surface area contributed by atoms with Gasteiger partial charge in [0, 0.05) is 18.7 Å². The Kier molecular flexibility index (Phi) is 4.33. The first kappa shape index (κ1) is 14.9. The standard InChI is InChI=1S/C16H23NO3/c1-12(2)20-14-7-5-13(6-8-14)15(18)17-10-4-9-16(3,19)11-17/h5-8,12,19H,4,9-11H2,1-3H3. The van der Waals surface area contributed by atoms with Gasteiger partial charge >= 0.3 is 0 Å². The number of carbonyl (C=O) groups is 1. The summed E-state index contributed by atoms with van der Waals surface area (Å²) in [5, 5.41) is 10.1. The fraction of sp³-hybridized carbons (Fsp3) is 0.562. The lowest BCUT2D eigenvalue weighted by atomic mass is 9.94. The summed E-state index contributed by atoms with van der Waals surface area (Å²) in [6.45, 7) is 6.82. The average Bonchev–Trinajstić information content (AvgIpc) is 2.37. The fourth-order valence-corrected chi connectivity index (χ4v) is 2.52. The zero-order valence-corrected chi connectivity index (χ0v) is 12.4. The van der Waals surface area contributed by atoms with Crippen LogP contribution in [0.1, 0.15) is 44.0 Å². The molecule has 1 aromatic rings. The third kappa shape index (κ3) is 3.73. The molecule has 4 heteroatoms. The second-order valence-corrected chi connectivity index (χ2v) is 6.02. The zero-order chi connectivity index (χ0) is 14.8. The molecule has 1 aliphatic rings. The predicted octanol–water partition coefficient (Wildman–Crippen LogP) is 2.46. The predicted molar refractivity (Wildman–Crippen MR) is 78.0 cm³/mol. The number of ether oxygens (including phenoxy) is 1. The maximum absolute atomic E-state index is 12.4. The number of hydrogen-bond donors (Lipinski definition) is 1. The van der Waals surface area contributed by atoms with Gasteiger partial charge in [-0.25, -0.2) is 0 Å². The van der Waals surface area contributed by atoms with Gasteiger partial charge < -0.3 is 14.7 Å². The summed E-state index contributed by atoms with van der Waals surface area (Å²) in [6, 6.07) is 7.19. The summed E-state index contributed by atoms with van der Waals surface area (Å²) in [5.74, 6) is 0.739. The second kappa shape index (κ2) is 5.83. The molecule has 110 valence electrons. The van der Waals surface area contributed by atoms with Crippen LogP contribution in [0.4, 0.5) is 0 Å². The lowest BCUT2D eigenvalue weighted by Crippen LogP contribution is -2.48. The summed E-state index contributed by atoms with van der Waals surface area (Å²) in [5.41, 5.74) is -0.131. The SMILES string of the molecule is CC(C)Oc1ccc(C(=O)N2CCCC(C)(O)C2)cc1. The maximum atomic E-state index is 12.4. The lowest BCUT2D eigenvalue weighted by Gasteiger charge is -2.36. The first-order valence-corrected chi connectivity index (χ1v) is 7.16. The molecular weight excluding hydrogens is 254 g/mol. The zero-order valence-electron chi connectivity index (χ0n) is 12.4. The number of aliphatic hydroxyl groups is 1. The maximum Gasteiger partial charge on any atom is 0.253 e. The molecule has 1 unspecified atom stereocenters. The van der Waals surface area contributed by atoms with E-state index in [9.17, 15) is 9.90 Å². The quantitative estimate of drug-likeness (QED) is 0.923. The smallest absolute Gasteiger partial charge is 0.253 e. The van der Waals surface area contributed by atoms with Crippen LogP contribution in [0, 0.1) is 0 Å². The Balaban J connectivity index is 2.05. The Morgan fingerprint density at radius 3 is 2.55 bits per heavy atom. The van der Waals surface area contributed by atoms with Crippen LogP contribution in [0.15, 0.2) is 24.3 Å². The molecule has 2 rings (SSSR count). The van der Waals surface area contributed by atoms with Gasteiger partial charge in [-0.3, -0.25) is 4.79 Å². The monoisotopic (exact) mass is 277 g/mol. The van der Waals surface area contributed by atoms with Crippen LogP contribution < -0.4 is 4.74 Å². The second-order valence-electron chi connectivity index (χ2n) is 6.02. The van der Waals surface area contributed by atoms with Gasteiger partial charge in [0.2, 0.25) is 0 Å². The van der Waals surface area contributed by atoms with Crippen molar-refractivity contribution in [3.8, 4) is 5.75 Å². The van der Waals surface area contributed by atoms with Crippen molar-refractivity contribution in [2.75, 3.05) is 13.1 Å². The van der Waals surface area contributed by atoms with Crippen LogP contribution >= 0.6 is 0 Å². The fourth-order valence-electron chi connectivity index (χ4n) is 2.52. The highest BCUT2D eigenvalue weighted by Crippen LogP contribution is 2.22. The van der Waals surface area contributed by atoms with Gasteiger partial charge in [-0.05, 0) is 57.9 Å². The Hall–Kier alpha value is -1.55. The minimum Gasteiger partial charge on any atom is -0.491 e. The normalized spacial score (nSPS) is 22.9. The van der Waals surface area contributed by atoms with E-state index in [2.05, 4.69) is 0 Å². The molecular formula is C16H23NO3. The molecule has 0 bridgehead atoms. The molecule has 1 N–H and O–H groups in total. The number of β-amino-alcohol motifs (C(OH)–C–C–N with tert-alkyl or cyclic N) is 1. The molecule has 1 saturated heterocycles. The molecule has 0 spiro atoms. The molecule has 1 aromatic carbocycles. The summed E-state index contributed by atoms with van der Waals surface area (Å²) in [4.78, 5) is 14.1. The van der Waals surface area contributed by atoms with Crippen LogP contribution in [0.3, 0.4) is 0 Å². The first-order valence-electron chi connectivity index (χ1n) is 7.16. The van der Waals surface area contributed by atoms with E-state index in [1.165, 1.54) is 0 Å². The average molecular weight is 277 g/mol. The van der Waals surface area contributed by atoms with Crippen LogP contribution in [-0.2, 0) is 0 Å². The third-order valence-corrected chi connectivity index (χ3v) is 3.44. The van der Waals surface area contributed by atoms with E-state index in [1.807, 2.05) is 26.0 Å². The number of rotatable bonds is 3. The van der Waals surface area contributed by atoms with E-state index < -0.39 is 5.60 Å². The largest absolute Gasteiger partial charge is 0.491 e. The van der Waals surface area contributed by atoms with Crippen molar-refractivity contribution < 1.29 is 14.6 Å². The van der Waals surface area contributed by atoms with Gasteiger partial charge in [0.25, 0.3) is 5.91 Å². The van der Waals surface area contributed by atoms with E-state index >= 15 is 0 Å². The Morgan fingerprint density at radius 2 is 2.00 bits per heavy atom. The van der Waals surface area contributed by atoms with Gasteiger partial charge in [-0.15, -0.1) is 0 Å². The van der Waals surface area contributed by atoms with Crippen molar-refractivity contribution in [2.24, 2.45) is 0 Å². The number of likely N-dealkylation sites (tertiary alicyclic amines) is 1. The lowest BCUT2D eigenvalue weighted by molar-refractivity contribution is -0.0107. The van der Waals surface area contributed by atoms with Gasteiger partial charge in [0.05, 0.1) is 11.7 Å². The van der Waals surface area contributed by atoms with Crippen molar-refractivity contribution in [2.45, 2.75) is 45.3 Å². The third-order valence-electron chi connectivity index (χ3n) is 3.44. The summed E-state index contributed by atoms with van der Waals surface area (Å²) >= 11 is 0. The highest BCUT2D eigenvalue weighted by molar-refractivity contribution is 5.94. The van der Waals surface area contributed by atoms with Gasteiger partial charge in [0.1, 0.15) is 5.75 Å². The number of piperidine rings is 1. The molecule has 0 radical (unpaired) electrons. The summed E-state index contributed by atoms with van der Waals surface area (Å²) in [7, 11) is 0. The van der Waals surface area contributed by atoms with Crippen molar-refractivity contribution >= 4 is 5.91 Å². The highest BCUT2D eigenvalue weighted by atomic mass is 16.5. The van der Waals surface area contributed by atoms with E-state index in [4.69, 9.17) is 4.74 Å². The molecule has 1 atom stereocenters. The van der Waals surface area contributed by atoms with Crippen LogP contribution in [0.25, 0.3) is 0 Å². The summed E-state index contributed by atoms with van der Waals surface area (Å²) in [6.07, 6.45) is 1.71. The van der Waals surface area contributed by atoms with Crippen molar-refractivity contribution in [3.63, 3.8) is 0 Å². The molecule has 1 heterocycles. The minimum absolute atomic E-state index is 0.0268. The number of carbonyl (C=O) groups excluding carboxylic acids is 1. The minimum atomic E-state index is -0.769. The van der Waals surface area contributed by atoms with E-state index in [0.29, 0.717) is 18.7 Å². The Morgan fingerprint density at radius 1 is 1.35 bits per heavy atom. The van der Waals surface area contributed by atoms with Crippen LogP contribution in [0.2, 0.25) is 0 Å². The van der Waals surface area contributed by atoms with E-state index in [1.54, 1.807) is 24.0 Å². The molecule has 1 amide bonds. The van der Waals surface area contributed by atoms with E-state index in [-0.39, 0.29) is 12.0 Å². The Bertz CT molecular complexity index is 465. The van der Waals surface area contributed by atoms with Gasteiger partial charge in [0.15, 0.2) is 0 Å². The Labute approximate surface area is 120 Å². The van der Waals surface area contributed by atoms with Crippen LogP contribution in [-0.4, -0.2) is 40.7 Å².